The molecule has 0 spiro atoms. The lowest BCUT2D eigenvalue weighted by molar-refractivity contribution is -0.147. The molecule has 0 aliphatic carbocycles. The van der Waals surface area contributed by atoms with Gasteiger partial charge in [0.05, 0.1) is 5.25 Å². The maximum atomic E-state index is 12.9. The Labute approximate surface area is 179 Å². The maximum Gasteiger partial charge on any atom is 0.243 e. The van der Waals surface area contributed by atoms with Crippen molar-refractivity contribution >= 4 is 35.4 Å². The molecule has 164 valence electrons. The molecule has 2 saturated heterocycles. The molecule has 0 bridgehead atoms. The van der Waals surface area contributed by atoms with Gasteiger partial charge in [0.2, 0.25) is 23.6 Å². The molecule has 2 rings (SSSR count). The van der Waals surface area contributed by atoms with Crippen LogP contribution in [0.3, 0.4) is 0 Å². The van der Waals surface area contributed by atoms with Crippen molar-refractivity contribution in [3.63, 3.8) is 0 Å². The van der Waals surface area contributed by atoms with Gasteiger partial charge in [-0.1, -0.05) is 27.2 Å². The topological polar surface area (TPSA) is 74.8 Å². The van der Waals surface area contributed by atoms with Crippen LogP contribution in [-0.4, -0.2) is 54.5 Å². The van der Waals surface area contributed by atoms with Crippen LogP contribution in [0.1, 0.15) is 87.5 Å². The molecule has 0 aromatic carbocycles. The van der Waals surface area contributed by atoms with Crippen molar-refractivity contribution in [3.8, 4) is 0 Å². The molecule has 2 fully saturated rings. The summed E-state index contributed by atoms with van der Waals surface area (Å²) in [4.78, 5) is 53.2. The summed E-state index contributed by atoms with van der Waals surface area (Å²) in [6, 6.07) is 0. The molecular weight excluding hydrogens is 388 g/mol. The van der Waals surface area contributed by atoms with Gasteiger partial charge in [-0.2, -0.15) is 0 Å². The van der Waals surface area contributed by atoms with Gasteiger partial charge >= 0.3 is 0 Å². The fourth-order valence-corrected chi connectivity index (χ4v) is 5.56. The van der Waals surface area contributed by atoms with Crippen LogP contribution in [0.5, 0.6) is 0 Å². The maximum absolute atomic E-state index is 12.9. The van der Waals surface area contributed by atoms with Gasteiger partial charge in [-0.15, -0.1) is 11.8 Å². The van der Waals surface area contributed by atoms with Crippen LogP contribution in [0.25, 0.3) is 0 Å². The SMILES string of the molecule is CC(C)(C)SC1CC(=O)N(C(C)(C)CCCC2CC(=O)N(C(C)(C)C)C2=O)C1=O. The molecule has 6 nitrogen and oxygen atoms in total. The molecule has 29 heavy (non-hydrogen) atoms. The lowest BCUT2D eigenvalue weighted by atomic mass is 9.91. The zero-order valence-electron chi connectivity index (χ0n) is 19.1. The molecule has 0 aromatic heterocycles. The smallest absolute Gasteiger partial charge is 0.243 e. The third-order valence-corrected chi connectivity index (χ3v) is 6.82. The summed E-state index contributed by atoms with van der Waals surface area (Å²) in [6.07, 6.45) is 2.40. The first-order valence-electron chi connectivity index (χ1n) is 10.5. The van der Waals surface area contributed by atoms with Gasteiger partial charge in [0.1, 0.15) is 0 Å². The third kappa shape index (κ3) is 5.41. The summed E-state index contributed by atoms with van der Waals surface area (Å²) in [5.41, 5.74) is -1.10. The van der Waals surface area contributed by atoms with E-state index < -0.39 is 11.1 Å². The van der Waals surface area contributed by atoms with E-state index in [4.69, 9.17) is 0 Å². The first-order valence-corrected chi connectivity index (χ1v) is 11.3. The number of nitrogens with zero attached hydrogens (tertiary/aromatic N) is 2. The molecule has 0 saturated carbocycles. The molecule has 2 aliphatic heterocycles. The predicted octanol–water partition coefficient (Wildman–Crippen LogP) is 3.77. The molecule has 0 N–H and O–H groups in total. The van der Waals surface area contributed by atoms with Gasteiger partial charge < -0.3 is 0 Å². The Bertz CT molecular complexity index is 703. The molecule has 0 aromatic rings. The van der Waals surface area contributed by atoms with E-state index in [9.17, 15) is 19.2 Å². The highest BCUT2D eigenvalue weighted by atomic mass is 32.2. The van der Waals surface area contributed by atoms with Gasteiger partial charge in [0.25, 0.3) is 0 Å². The monoisotopic (exact) mass is 424 g/mol. The van der Waals surface area contributed by atoms with E-state index in [-0.39, 0.29) is 52.4 Å². The first kappa shape index (κ1) is 23.9. The van der Waals surface area contributed by atoms with E-state index in [0.29, 0.717) is 19.3 Å². The molecule has 2 unspecified atom stereocenters. The number of amides is 4. The average molecular weight is 425 g/mol. The second-order valence-electron chi connectivity index (χ2n) is 10.8. The fourth-order valence-electron chi connectivity index (χ4n) is 4.28. The highest BCUT2D eigenvalue weighted by molar-refractivity contribution is 8.01. The normalized spacial score (nSPS) is 24.3. The van der Waals surface area contributed by atoms with Gasteiger partial charge in [-0.3, -0.25) is 29.0 Å². The minimum atomic E-state index is -0.600. The lowest BCUT2D eigenvalue weighted by Gasteiger charge is -2.35. The predicted molar refractivity (Wildman–Crippen MR) is 115 cm³/mol. The van der Waals surface area contributed by atoms with E-state index >= 15 is 0 Å². The van der Waals surface area contributed by atoms with Crippen LogP contribution in [0.15, 0.2) is 0 Å². The third-order valence-electron chi connectivity index (χ3n) is 5.46. The van der Waals surface area contributed by atoms with Crippen molar-refractivity contribution < 1.29 is 19.2 Å². The second kappa shape index (κ2) is 8.05. The Balaban J connectivity index is 1.97. The largest absolute Gasteiger partial charge is 0.277 e. The highest BCUT2D eigenvalue weighted by Gasteiger charge is 2.48. The van der Waals surface area contributed by atoms with Crippen molar-refractivity contribution in [3.05, 3.63) is 0 Å². The number of hydrogen-bond donors (Lipinski definition) is 0. The van der Waals surface area contributed by atoms with Crippen LogP contribution < -0.4 is 0 Å². The Kier molecular flexibility index (Phi) is 6.63. The molecule has 4 amide bonds. The van der Waals surface area contributed by atoms with E-state index in [1.54, 1.807) is 11.8 Å². The molecule has 7 heteroatoms. The molecule has 2 aliphatic rings. The van der Waals surface area contributed by atoms with Crippen molar-refractivity contribution in [2.45, 2.75) is 109 Å². The number of thioether (sulfide) groups is 1. The van der Waals surface area contributed by atoms with Crippen molar-refractivity contribution in [2.24, 2.45) is 5.92 Å². The molecule has 2 heterocycles. The lowest BCUT2D eigenvalue weighted by Crippen LogP contribution is -2.48. The van der Waals surface area contributed by atoms with Gasteiger partial charge in [-0.05, 0) is 47.5 Å². The Morgan fingerprint density at radius 1 is 0.828 bits per heavy atom. The summed E-state index contributed by atoms with van der Waals surface area (Å²) in [6.45, 7) is 15.6. The Hall–Kier alpha value is -1.37. The fraction of sp³-hybridized carbons (Fsp3) is 0.818. The van der Waals surface area contributed by atoms with Gasteiger partial charge in [-0.25, -0.2) is 0 Å². The molecular formula is C22H36N2O4S. The number of carbonyl (C=O) groups is 4. The minimum absolute atomic E-state index is 0.0882. The minimum Gasteiger partial charge on any atom is -0.277 e. The molecule has 0 radical (unpaired) electrons. The summed E-state index contributed by atoms with van der Waals surface area (Å²) < 4.78 is -0.0882. The summed E-state index contributed by atoms with van der Waals surface area (Å²) in [5.74, 6) is -0.737. The van der Waals surface area contributed by atoms with Crippen LogP contribution in [0.2, 0.25) is 0 Å². The number of imide groups is 2. The van der Waals surface area contributed by atoms with E-state index in [1.165, 1.54) is 9.80 Å². The summed E-state index contributed by atoms with van der Waals surface area (Å²) in [7, 11) is 0. The standard InChI is InChI=1S/C22H36N2O4S/c1-20(2,3)23-16(25)12-14(18(23)27)10-9-11-22(7,8)24-17(26)13-15(19(24)28)29-21(4,5)6/h14-15H,9-13H2,1-8H3. The van der Waals surface area contributed by atoms with Crippen molar-refractivity contribution in [1.82, 2.24) is 9.80 Å². The quantitative estimate of drug-likeness (QED) is 0.607. The highest BCUT2D eigenvalue weighted by Crippen LogP contribution is 2.38. The number of hydrogen-bond acceptors (Lipinski definition) is 5. The summed E-state index contributed by atoms with van der Waals surface area (Å²) in [5, 5.41) is -0.323. The Morgan fingerprint density at radius 2 is 1.38 bits per heavy atom. The van der Waals surface area contributed by atoms with Crippen LogP contribution in [0.4, 0.5) is 0 Å². The van der Waals surface area contributed by atoms with Crippen LogP contribution in [0, 0.1) is 5.92 Å². The second-order valence-corrected chi connectivity index (χ2v) is 12.9. The summed E-state index contributed by atoms with van der Waals surface area (Å²) >= 11 is 1.54. The van der Waals surface area contributed by atoms with Crippen molar-refractivity contribution in [2.75, 3.05) is 0 Å². The zero-order valence-corrected chi connectivity index (χ0v) is 19.9. The van der Waals surface area contributed by atoms with Gasteiger partial charge in [0.15, 0.2) is 0 Å². The van der Waals surface area contributed by atoms with E-state index in [1.807, 2.05) is 55.4 Å². The van der Waals surface area contributed by atoms with Crippen molar-refractivity contribution in [1.29, 1.82) is 0 Å². The first-order chi connectivity index (χ1) is 13.0. The van der Waals surface area contributed by atoms with Gasteiger partial charge in [0, 0.05) is 34.6 Å². The average Bonchev–Trinajstić information content (AvgIpc) is 2.93. The molecule has 2 atom stereocenters. The van der Waals surface area contributed by atoms with Crippen LogP contribution in [-0.2, 0) is 19.2 Å². The van der Waals surface area contributed by atoms with E-state index in [2.05, 4.69) is 0 Å². The number of carbonyl (C=O) groups excluding carboxylic acids is 4. The number of likely N-dealkylation sites (tertiary alicyclic amines) is 2. The number of rotatable bonds is 6. The zero-order chi connectivity index (χ0) is 22.4. The van der Waals surface area contributed by atoms with E-state index in [0.717, 1.165) is 0 Å². The van der Waals surface area contributed by atoms with Crippen LogP contribution >= 0.6 is 11.8 Å². The Morgan fingerprint density at radius 3 is 1.86 bits per heavy atom.